The van der Waals surface area contributed by atoms with Crippen LogP contribution in [0.4, 0.5) is 4.79 Å². The Morgan fingerprint density at radius 2 is 1.50 bits per heavy atom. The zero-order valence-electron chi connectivity index (χ0n) is 33.9. The molecule has 5 aromatic rings. The predicted molar refractivity (Wildman–Crippen MR) is 223 cm³/mol. The van der Waals surface area contributed by atoms with E-state index in [2.05, 4.69) is 85.8 Å². The number of hydrogen-bond acceptors (Lipinski definition) is 9. The molecule has 2 aliphatic rings. The van der Waals surface area contributed by atoms with Crippen molar-refractivity contribution < 1.29 is 28.9 Å². The number of benzene rings is 3. The van der Waals surface area contributed by atoms with Crippen LogP contribution in [0, 0.1) is 11.8 Å². The number of amides is 3. The van der Waals surface area contributed by atoms with Gasteiger partial charge in [0.25, 0.3) is 0 Å². The average Bonchev–Trinajstić information content (AvgIpc) is 4.06. The Balaban J connectivity index is 1.03. The van der Waals surface area contributed by atoms with E-state index in [1.165, 1.54) is 20.6 Å². The third-order valence-corrected chi connectivity index (χ3v) is 11.1. The van der Waals surface area contributed by atoms with Crippen LogP contribution in [-0.2, 0) is 24.1 Å². The van der Waals surface area contributed by atoms with E-state index in [9.17, 15) is 14.4 Å². The zero-order chi connectivity index (χ0) is 40.9. The van der Waals surface area contributed by atoms with Crippen molar-refractivity contribution in [3.63, 3.8) is 0 Å². The Labute approximate surface area is 338 Å². The number of likely N-dealkylation sites (tertiary alicyclic amines) is 2. The lowest BCUT2D eigenvalue weighted by Gasteiger charge is -2.29. The van der Waals surface area contributed by atoms with Gasteiger partial charge in [0.1, 0.15) is 23.7 Å². The van der Waals surface area contributed by atoms with E-state index in [-0.39, 0.29) is 35.7 Å². The summed E-state index contributed by atoms with van der Waals surface area (Å²) in [5.41, 5.74) is 5.63. The van der Waals surface area contributed by atoms with Crippen molar-refractivity contribution in [2.45, 2.75) is 77.5 Å². The maximum absolute atomic E-state index is 13.6. The summed E-state index contributed by atoms with van der Waals surface area (Å²) in [6.07, 6.45) is 10.00. The summed E-state index contributed by atoms with van der Waals surface area (Å²) in [5.74, 6) is 1.22. The highest BCUT2D eigenvalue weighted by Crippen LogP contribution is 2.35. The maximum atomic E-state index is 13.6. The molecule has 4 heterocycles. The second-order valence-electron chi connectivity index (χ2n) is 15.7. The molecular weight excluding hydrogens is 737 g/mol. The lowest BCUT2D eigenvalue weighted by Crippen LogP contribution is -2.51. The lowest BCUT2D eigenvalue weighted by atomic mass is 10.0. The fraction of sp³-hybridized carbons (Fsp3) is 0.409. The van der Waals surface area contributed by atoms with E-state index in [1.807, 2.05) is 49.8 Å². The van der Waals surface area contributed by atoms with Gasteiger partial charge < -0.3 is 34.7 Å². The average molecular weight is 789 g/mol. The molecule has 0 bridgehead atoms. The number of rotatable bonds is 13. The Bertz CT molecular complexity index is 2330. The third-order valence-electron chi connectivity index (χ3n) is 11.1. The Morgan fingerprint density at radius 1 is 0.828 bits per heavy atom. The van der Waals surface area contributed by atoms with Gasteiger partial charge in [0, 0.05) is 24.8 Å². The van der Waals surface area contributed by atoms with Crippen molar-refractivity contribution >= 4 is 58.3 Å². The molecule has 7 rings (SSSR count). The number of carbonyl (C=O) groups excluding carboxylic acids is 3. The van der Waals surface area contributed by atoms with Gasteiger partial charge in [-0.05, 0) is 83.7 Å². The molecule has 0 spiro atoms. The summed E-state index contributed by atoms with van der Waals surface area (Å²) in [5, 5.41) is 4.90. The highest BCUT2D eigenvalue weighted by atomic mass is 17.2. The van der Waals surface area contributed by atoms with Gasteiger partial charge in [0.05, 0.1) is 43.0 Å². The number of nitrogens with zero attached hydrogens (tertiary/aromatic N) is 5. The molecule has 58 heavy (non-hydrogen) atoms. The fourth-order valence-electron chi connectivity index (χ4n) is 8.01. The molecule has 0 unspecified atom stereocenters. The summed E-state index contributed by atoms with van der Waals surface area (Å²) in [6, 6.07) is 17.2. The Kier molecular flexibility index (Phi) is 12.2. The van der Waals surface area contributed by atoms with Crippen LogP contribution in [-0.4, -0.2) is 93.4 Å². The molecule has 2 aliphatic heterocycles. The van der Waals surface area contributed by atoms with E-state index in [1.54, 1.807) is 0 Å². The smallest absolute Gasteiger partial charge is 0.407 e. The standard InChI is InChI=1S/C44H52N8O6/c1-26(2)38(46-25-58-57-6)42(53)52-20-8-10-37(52)41-47-33-18-14-29(22-34(33)48-41)12-11-28-13-15-31-23-32(17-16-30(31)21-28)35-24-45-40(49-35)36-9-7-19-51(36)43(54)39(27(3)4)50-44(55)56-5/h11-18,21-27,36-39H,7-10,19-20H2,1-6H3,(H,45,49)(H,47,48)(H,50,55)/b12-11+,46-25-/t36-,37-,38-,39-/m0/s1. The quantitative estimate of drug-likeness (QED) is 0.0360. The monoisotopic (exact) mass is 788 g/mol. The fourth-order valence-corrected chi connectivity index (χ4v) is 8.01. The van der Waals surface area contributed by atoms with Crippen molar-refractivity contribution in [3.05, 3.63) is 83.6 Å². The number of H-pyrrole nitrogens is 2. The SMILES string of the molecule is COO/C=N\[C@H](C(=O)N1CCC[C@H]1c1nc2cc(/C=C/c3ccc4cc(-c5c[nH]c([C@@H]6CCCN6C(=O)[C@@H](NC(=O)OC)C(C)C)n5)ccc4c3)ccc2[nH]1)C(C)C. The molecule has 3 amide bonds. The summed E-state index contributed by atoms with van der Waals surface area (Å²) in [7, 11) is 2.69. The summed E-state index contributed by atoms with van der Waals surface area (Å²) >= 11 is 0. The number of ether oxygens (including phenoxy) is 1. The minimum atomic E-state index is -0.684. The van der Waals surface area contributed by atoms with Crippen LogP contribution < -0.4 is 5.32 Å². The lowest BCUT2D eigenvalue weighted by molar-refractivity contribution is -0.188. The van der Waals surface area contributed by atoms with Crippen molar-refractivity contribution in [3.8, 4) is 11.3 Å². The molecule has 0 saturated carbocycles. The van der Waals surface area contributed by atoms with Crippen LogP contribution in [0.5, 0.6) is 0 Å². The van der Waals surface area contributed by atoms with Gasteiger partial charge >= 0.3 is 6.09 Å². The first-order chi connectivity index (χ1) is 28.0. The molecule has 304 valence electrons. The van der Waals surface area contributed by atoms with E-state index >= 15 is 0 Å². The normalized spacial score (nSPS) is 18.3. The number of aromatic amines is 2. The van der Waals surface area contributed by atoms with Gasteiger partial charge in [-0.15, -0.1) is 0 Å². The molecule has 3 aromatic carbocycles. The number of imidazole rings is 2. The molecule has 2 aromatic heterocycles. The van der Waals surface area contributed by atoms with Crippen LogP contribution in [0.2, 0.25) is 0 Å². The second-order valence-corrected chi connectivity index (χ2v) is 15.7. The third kappa shape index (κ3) is 8.61. The Hall–Kier alpha value is -6.02. The number of alkyl carbamates (subject to hydrolysis) is 1. The Morgan fingerprint density at radius 3 is 2.21 bits per heavy atom. The van der Waals surface area contributed by atoms with Gasteiger partial charge in [-0.2, -0.15) is 4.89 Å². The van der Waals surface area contributed by atoms with E-state index in [0.29, 0.717) is 13.1 Å². The highest BCUT2D eigenvalue weighted by Gasteiger charge is 2.38. The molecule has 14 nitrogen and oxygen atoms in total. The van der Waals surface area contributed by atoms with E-state index < -0.39 is 18.2 Å². The van der Waals surface area contributed by atoms with Crippen LogP contribution >= 0.6 is 0 Å². The molecule has 2 saturated heterocycles. The molecule has 14 heteroatoms. The number of aliphatic imine (C=N–C) groups is 1. The van der Waals surface area contributed by atoms with Crippen molar-refractivity contribution in [2.75, 3.05) is 27.3 Å². The first kappa shape index (κ1) is 40.2. The van der Waals surface area contributed by atoms with Crippen molar-refractivity contribution in [1.82, 2.24) is 35.1 Å². The second kappa shape index (κ2) is 17.6. The van der Waals surface area contributed by atoms with Crippen LogP contribution in [0.25, 0.3) is 45.2 Å². The number of fused-ring (bicyclic) bond motifs is 2. The highest BCUT2D eigenvalue weighted by molar-refractivity contribution is 5.90. The predicted octanol–water partition coefficient (Wildman–Crippen LogP) is 7.62. The van der Waals surface area contributed by atoms with Crippen molar-refractivity contribution in [2.24, 2.45) is 16.8 Å². The maximum Gasteiger partial charge on any atom is 0.407 e. The number of aromatic nitrogens is 4. The molecule has 0 radical (unpaired) electrons. The minimum absolute atomic E-state index is 0.00973. The zero-order valence-corrected chi connectivity index (χ0v) is 33.9. The van der Waals surface area contributed by atoms with E-state index in [0.717, 1.165) is 81.5 Å². The van der Waals surface area contributed by atoms with Gasteiger partial charge in [0.2, 0.25) is 18.2 Å². The van der Waals surface area contributed by atoms with Crippen LogP contribution in [0.3, 0.4) is 0 Å². The summed E-state index contributed by atoms with van der Waals surface area (Å²) < 4.78 is 4.77. The number of nitrogens with one attached hydrogen (secondary N) is 3. The van der Waals surface area contributed by atoms with Gasteiger partial charge in [0.15, 0.2) is 0 Å². The van der Waals surface area contributed by atoms with Crippen LogP contribution in [0.15, 0.2) is 65.8 Å². The van der Waals surface area contributed by atoms with Crippen LogP contribution in [0.1, 0.15) is 88.2 Å². The van der Waals surface area contributed by atoms with E-state index in [4.69, 9.17) is 19.6 Å². The number of carbonyl (C=O) groups is 3. The largest absolute Gasteiger partial charge is 0.453 e. The first-order valence-corrected chi connectivity index (χ1v) is 20.0. The number of methoxy groups -OCH3 is 1. The minimum Gasteiger partial charge on any atom is -0.453 e. The van der Waals surface area contributed by atoms with Crippen molar-refractivity contribution in [1.29, 1.82) is 0 Å². The first-order valence-electron chi connectivity index (χ1n) is 20.0. The topological polar surface area (TPSA) is 167 Å². The van der Waals surface area contributed by atoms with Gasteiger partial charge in [-0.25, -0.2) is 19.8 Å². The molecule has 4 atom stereocenters. The van der Waals surface area contributed by atoms with Gasteiger partial charge in [-0.1, -0.05) is 70.2 Å². The number of hydrogen-bond donors (Lipinski definition) is 3. The molecule has 2 fully saturated rings. The van der Waals surface area contributed by atoms with Gasteiger partial charge in [-0.3, -0.25) is 9.59 Å². The summed E-state index contributed by atoms with van der Waals surface area (Å²) in [6.45, 7) is 9.00. The summed E-state index contributed by atoms with van der Waals surface area (Å²) in [4.78, 5) is 73.3. The molecule has 0 aliphatic carbocycles. The molecule has 3 N–H and O–H groups in total. The molecular formula is C44H52N8O6.